The summed E-state index contributed by atoms with van der Waals surface area (Å²) >= 11 is 0. The summed E-state index contributed by atoms with van der Waals surface area (Å²) in [6, 6.07) is 0. The molecule has 4 nitrogen and oxygen atoms in total. The lowest BCUT2D eigenvalue weighted by atomic mass is 10.3. The smallest absolute Gasteiger partial charge is 0.0679 e. The van der Waals surface area contributed by atoms with Crippen molar-refractivity contribution < 1.29 is 5.11 Å². The van der Waals surface area contributed by atoms with Crippen molar-refractivity contribution in [2.45, 2.75) is 32.5 Å². The third-order valence-electron chi connectivity index (χ3n) is 2.66. The van der Waals surface area contributed by atoms with Crippen molar-refractivity contribution >= 4 is 0 Å². The van der Waals surface area contributed by atoms with Crippen LogP contribution in [-0.4, -0.2) is 39.0 Å². The van der Waals surface area contributed by atoms with Gasteiger partial charge in [0, 0.05) is 37.9 Å². The molecular formula is C10H17N3O. The van der Waals surface area contributed by atoms with E-state index in [1.54, 1.807) is 0 Å². The van der Waals surface area contributed by atoms with Gasteiger partial charge in [-0.2, -0.15) is 5.10 Å². The molecule has 0 aromatic carbocycles. The molecule has 0 bridgehead atoms. The zero-order valence-corrected chi connectivity index (χ0v) is 8.56. The van der Waals surface area contributed by atoms with Crippen LogP contribution in [0, 0.1) is 0 Å². The highest BCUT2D eigenvalue weighted by atomic mass is 16.3. The first kappa shape index (κ1) is 9.68. The van der Waals surface area contributed by atoms with E-state index in [1.807, 2.05) is 10.9 Å². The van der Waals surface area contributed by atoms with Gasteiger partial charge in [0.15, 0.2) is 0 Å². The Balaban J connectivity index is 1.90. The molecule has 1 aromatic heterocycles. The number of rotatable bonds is 3. The molecule has 1 unspecified atom stereocenters. The predicted octanol–water partition coefficient (Wildman–Crippen LogP) is 0.470. The molecular weight excluding hydrogens is 178 g/mol. The minimum Gasteiger partial charge on any atom is -0.392 e. The zero-order chi connectivity index (χ0) is 9.97. The molecule has 1 N–H and O–H groups in total. The second kappa shape index (κ2) is 4.11. The number of aromatic nitrogens is 2. The van der Waals surface area contributed by atoms with E-state index in [9.17, 15) is 5.11 Å². The van der Waals surface area contributed by atoms with Gasteiger partial charge in [0.25, 0.3) is 0 Å². The second-order valence-corrected chi connectivity index (χ2v) is 3.88. The molecule has 4 heteroatoms. The summed E-state index contributed by atoms with van der Waals surface area (Å²) in [7, 11) is 0. The SMILES string of the molecule is CCn1cc(CN2CCC(O)C2)cn1. The molecule has 78 valence electrons. The maximum Gasteiger partial charge on any atom is 0.0679 e. The van der Waals surface area contributed by atoms with Crippen LogP contribution in [0.3, 0.4) is 0 Å². The topological polar surface area (TPSA) is 41.3 Å². The summed E-state index contributed by atoms with van der Waals surface area (Å²) in [5.74, 6) is 0. The zero-order valence-electron chi connectivity index (χ0n) is 8.56. The second-order valence-electron chi connectivity index (χ2n) is 3.88. The van der Waals surface area contributed by atoms with E-state index in [2.05, 4.69) is 23.1 Å². The maximum atomic E-state index is 9.37. The molecule has 1 aliphatic heterocycles. The van der Waals surface area contributed by atoms with Crippen molar-refractivity contribution in [2.75, 3.05) is 13.1 Å². The Morgan fingerprint density at radius 1 is 1.64 bits per heavy atom. The summed E-state index contributed by atoms with van der Waals surface area (Å²) in [6.45, 7) is 5.71. The van der Waals surface area contributed by atoms with Gasteiger partial charge in [-0.3, -0.25) is 9.58 Å². The fourth-order valence-electron chi connectivity index (χ4n) is 1.88. The first-order chi connectivity index (χ1) is 6.78. The summed E-state index contributed by atoms with van der Waals surface area (Å²) in [4.78, 5) is 2.27. The fourth-order valence-corrected chi connectivity index (χ4v) is 1.88. The third-order valence-corrected chi connectivity index (χ3v) is 2.66. The predicted molar refractivity (Wildman–Crippen MR) is 53.8 cm³/mol. The van der Waals surface area contributed by atoms with Crippen LogP contribution in [0.15, 0.2) is 12.4 Å². The Morgan fingerprint density at radius 3 is 3.07 bits per heavy atom. The van der Waals surface area contributed by atoms with E-state index >= 15 is 0 Å². The number of hydrogen-bond acceptors (Lipinski definition) is 3. The molecule has 0 aliphatic carbocycles. The van der Waals surface area contributed by atoms with E-state index in [0.717, 1.165) is 32.6 Å². The van der Waals surface area contributed by atoms with Gasteiger partial charge in [0.1, 0.15) is 0 Å². The number of aryl methyl sites for hydroxylation is 1. The normalized spacial score (nSPS) is 23.1. The largest absolute Gasteiger partial charge is 0.392 e. The number of nitrogens with zero attached hydrogens (tertiary/aromatic N) is 3. The standard InChI is InChI=1S/C10H17N3O/c1-2-13-7-9(5-11-13)6-12-4-3-10(14)8-12/h5,7,10,14H,2-4,6,8H2,1H3. The van der Waals surface area contributed by atoms with Crippen LogP contribution in [0.25, 0.3) is 0 Å². The minimum absolute atomic E-state index is 0.128. The summed E-state index contributed by atoms with van der Waals surface area (Å²) in [5, 5.41) is 13.6. The molecule has 2 rings (SSSR count). The first-order valence-corrected chi connectivity index (χ1v) is 5.19. The van der Waals surface area contributed by atoms with Crippen molar-refractivity contribution in [3.63, 3.8) is 0 Å². The number of aliphatic hydroxyl groups is 1. The van der Waals surface area contributed by atoms with Crippen LogP contribution in [0.4, 0.5) is 0 Å². The molecule has 14 heavy (non-hydrogen) atoms. The first-order valence-electron chi connectivity index (χ1n) is 5.19. The number of hydrogen-bond donors (Lipinski definition) is 1. The van der Waals surface area contributed by atoms with E-state index in [1.165, 1.54) is 5.56 Å². The Kier molecular flexibility index (Phi) is 2.84. The van der Waals surface area contributed by atoms with Crippen molar-refractivity contribution in [3.8, 4) is 0 Å². The van der Waals surface area contributed by atoms with Crippen molar-refractivity contribution in [2.24, 2.45) is 0 Å². The molecule has 0 spiro atoms. The lowest BCUT2D eigenvalue weighted by molar-refractivity contribution is 0.175. The van der Waals surface area contributed by atoms with Crippen molar-refractivity contribution in [3.05, 3.63) is 18.0 Å². The summed E-state index contributed by atoms with van der Waals surface area (Å²) in [6.07, 6.45) is 4.76. The lowest BCUT2D eigenvalue weighted by Crippen LogP contribution is -2.21. The maximum absolute atomic E-state index is 9.37. The Labute approximate surface area is 84.1 Å². The average Bonchev–Trinajstić information content (AvgIpc) is 2.76. The lowest BCUT2D eigenvalue weighted by Gasteiger charge is -2.12. The fraction of sp³-hybridized carbons (Fsp3) is 0.700. The molecule has 0 radical (unpaired) electrons. The van der Waals surface area contributed by atoms with E-state index in [0.29, 0.717) is 0 Å². The van der Waals surface area contributed by atoms with E-state index in [-0.39, 0.29) is 6.10 Å². The molecule has 0 amide bonds. The quantitative estimate of drug-likeness (QED) is 0.762. The monoisotopic (exact) mass is 195 g/mol. The molecule has 1 saturated heterocycles. The highest BCUT2D eigenvalue weighted by molar-refractivity contribution is 5.04. The molecule has 1 aliphatic rings. The number of β-amino-alcohol motifs (C(OH)–C–C–N with tert-alkyl or cyclic N) is 1. The highest BCUT2D eigenvalue weighted by Crippen LogP contribution is 2.12. The van der Waals surface area contributed by atoms with Gasteiger partial charge in [-0.05, 0) is 13.3 Å². The van der Waals surface area contributed by atoms with Crippen LogP contribution in [-0.2, 0) is 13.1 Å². The van der Waals surface area contributed by atoms with Crippen molar-refractivity contribution in [1.82, 2.24) is 14.7 Å². The average molecular weight is 195 g/mol. The molecule has 0 saturated carbocycles. The Hall–Kier alpha value is -0.870. The van der Waals surface area contributed by atoms with Gasteiger partial charge in [-0.25, -0.2) is 0 Å². The van der Waals surface area contributed by atoms with Crippen LogP contribution in [0.5, 0.6) is 0 Å². The number of likely N-dealkylation sites (tertiary alicyclic amines) is 1. The van der Waals surface area contributed by atoms with Gasteiger partial charge in [-0.1, -0.05) is 0 Å². The van der Waals surface area contributed by atoms with Crippen LogP contribution in [0.1, 0.15) is 18.9 Å². The Morgan fingerprint density at radius 2 is 2.50 bits per heavy atom. The molecule has 1 aromatic rings. The summed E-state index contributed by atoms with van der Waals surface area (Å²) < 4.78 is 1.93. The van der Waals surface area contributed by atoms with Crippen LogP contribution < -0.4 is 0 Å². The minimum atomic E-state index is -0.128. The van der Waals surface area contributed by atoms with Crippen LogP contribution >= 0.6 is 0 Å². The van der Waals surface area contributed by atoms with Crippen molar-refractivity contribution in [1.29, 1.82) is 0 Å². The third kappa shape index (κ3) is 2.13. The molecule has 1 atom stereocenters. The Bertz CT molecular complexity index is 297. The van der Waals surface area contributed by atoms with Gasteiger partial charge in [0.2, 0.25) is 0 Å². The van der Waals surface area contributed by atoms with Gasteiger partial charge in [0.05, 0.1) is 12.3 Å². The van der Waals surface area contributed by atoms with Crippen LogP contribution in [0.2, 0.25) is 0 Å². The number of aliphatic hydroxyl groups excluding tert-OH is 1. The highest BCUT2D eigenvalue weighted by Gasteiger charge is 2.20. The van der Waals surface area contributed by atoms with Gasteiger partial charge < -0.3 is 5.11 Å². The van der Waals surface area contributed by atoms with Gasteiger partial charge >= 0.3 is 0 Å². The van der Waals surface area contributed by atoms with Gasteiger partial charge in [-0.15, -0.1) is 0 Å². The summed E-state index contributed by atoms with van der Waals surface area (Å²) in [5.41, 5.74) is 1.24. The van der Waals surface area contributed by atoms with E-state index < -0.39 is 0 Å². The van der Waals surface area contributed by atoms with E-state index in [4.69, 9.17) is 0 Å². The molecule has 1 fully saturated rings. The molecule has 2 heterocycles.